The zero-order chi connectivity index (χ0) is 19.8. The van der Waals surface area contributed by atoms with E-state index in [0.717, 1.165) is 0 Å². The molecule has 0 N–H and O–H groups in total. The Balaban J connectivity index is 1.83. The number of rotatable bonds is 0. The topological polar surface area (TPSA) is 0 Å². The molecule has 0 fully saturated rings. The summed E-state index contributed by atoms with van der Waals surface area (Å²) in [5.41, 5.74) is 5.59. The molecule has 0 bridgehead atoms. The highest BCUT2D eigenvalue weighted by molar-refractivity contribution is 9.09. The third-order valence-corrected chi connectivity index (χ3v) is 7.62. The van der Waals surface area contributed by atoms with Gasteiger partial charge in [-0.15, -0.1) is 0 Å². The monoisotopic (exact) mass is 444 g/mol. The van der Waals surface area contributed by atoms with E-state index in [4.69, 9.17) is 0 Å². The van der Waals surface area contributed by atoms with E-state index in [1.807, 2.05) is 0 Å². The summed E-state index contributed by atoms with van der Waals surface area (Å²) in [6.07, 6.45) is 0. The Kier molecular flexibility index (Phi) is 3.29. The zero-order valence-corrected chi connectivity index (χ0v) is 17.8. The molecule has 0 nitrogen and oxygen atoms in total. The van der Waals surface area contributed by atoms with E-state index in [9.17, 15) is 0 Å². The molecule has 6 aromatic rings. The van der Waals surface area contributed by atoms with Crippen molar-refractivity contribution < 1.29 is 0 Å². The van der Waals surface area contributed by atoms with Crippen LogP contribution in [0.25, 0.3) is 54.2 Å². The minimum atomic E-state index is 0.173. The van der Waals surface area contributed by atoms with Crippen molar-refractivity contribution in [3.8, 4) is 11.1 Å². The van der Waals surface area contributed by atoms with Gasteiger partial charge in [-0.3, -0.25) is 0 Å². The molecule has 0 saturated heterocycles. The Morgan fingerprint density at radius 2 is 0.633 bits per heavy atom. The lowest BCUT2D eigenvalue weighted by Gasteiger charge is -2.14. The summed E-state index contributed by atoms with van der Waals surface area (Å²) in [6.45, 7) is 0. The highest BCUT2D eigenvalue weighted by Crippen LogP contribution is 2.58. The van der Waals surface area contributed by atoms with Gasteiger partial charge in [0.2, 0.25) is 0 Å². The molecule has 7 rings (SSSR count). The Hall–Kier alpha value is -3.16. The largest absolute Gasteiger partial charge is 0.0785 e. The zero-order valence-electron chi connectivity index (χ0n) is 16.2. The first-order valence-electron chi connectivity index (χ1n) is 10.4. The molecule has 0 amide bonds. The standard InChI is InChI=1S/C29H17Br/c30-29-27-23-15-7-3-11-19(23)17-9-1-5-13-21(17)25(27)26-22-14-6-2-10-18(22)20-12-4-8-16-24(20)28(26)29/h1-16,29H. The van der Waals surface area contributed by atoms with E-state index in [2.05, 4.69) is 113 Å². The van der Waals surface area contributed by atoms with Crippen LogP contribution in [0.3, 0.4) is 0 Å². The molecule has 0 unspecified atom stereocenters. The predicted molar refractivity (Wildman–Crippen MR) is 133 cm³/mol. The van der Waals surface area contributed by atoms with Crippen LogP contribution in [-0.2, 0) is 0 Å². The van der Waals surface area contributed by atoms with Gasteiger partial charge in [0.25, 0.3) is 0 Å². The van der Waals surface area contributed by atoms with Crippen LogP contribution in [0.4, 0.5) is 0 Å². The number of alkyl halides is 1. The summed E-state index contributed by atoms with van der Waals surface area (Å²) >= 11 is 4.15. The molecular formula is C29H17Br. The van der Waals surface area contributed by atoms with Gasteiger partial charge < -0.3 is 0 Å². The van der Waals surface area contributed by atoms with Gasteiger partial charge in [-0.1, -0.05) is 113 Å². The highest BCUT2D eigenvalue weighted by atomic mass is 79.9. The SMILES string of the molecule is BrC1c2c(c3ccccc3c3ccccc23)-c2c1c1ccccc1c1ccccc21. The lowest BCUT2D eigenvalue weighted by molar-refractivity contribution is 1.29. The van der Waals surface area contributed by atoms with E-state index in [0.29, 0.717) is 0 Å². The molecule has 1 aliphatic carbocycles. The average Bonchev–Trinajstić information content (AvgIpc) is 3.13. The summed E-state index contributed by atoms with van der Waals surface area (Å²) < 4.78 is 0. The maximum absolute atomic E-state index is 4.15. The van der Waals surface area contributed by atoms with Crippen molar-refractivity contribution in [1.82, 2.24) is 0 Å². The second kappa shape index (κ2) is 5.93. The fraction of sp³-hybridized carbons (Fsp3) is 0.0345. The van der Waals surface area contributed by atoms with E-state index in [-0.39, 0.29) is 4.83 Å². The van der Waals surface area contributed by atoms with Crippen LogP contribution in [0.1, 0.15) is 16.0 Å². The van der Waals surface area contributed by atoms with Crippen molar-refractivity contribution in [3.05, 3.63) is 108 Å². The van der Waals surface area contributed by atoms with Crippen LogP contribution in [0.5, 0.6) is 0 Å². The molecule has 0 spiro atoms. The van der Waals surface area contributed by atoms with E-state index in [1.54, 1.807) is 0 Å². The van der Waals surface area contributed by atoms with Crippen LogP contribution in [0.2, 0.25) is 0 Å². The van der Waals surface area contributed by atoms with Crippen molar-refractivity contribution in [2.24, 2.45) is 0 Å². The first-order valence-corrected chi connectivity index (χ1v) is 11.3. The predicted octanol–water partition coefficient (Wildman–Crippen LogP) is 8.76. The molecule has 30 heavy (non-hydrogen) atoms. The molecule has 0 aliphatic heterocycles. The summed E-state index contributed by atoms with van der Waals surface area (Å²) in [5, 5.41) is 10.7. The normalized spacial score (nSPS) is 13.4. The number of fused-ring (bicyclic) bond motifs is 13. The molecule has 0 atom stereocenters. The van der Waals surface area contributed by atoms with Crippen LogP contribution < -0.4 is 0 Å². The first kappa shape index (κ1) is 16.6. The van der Waals surface area contributed by atoms with E-state index < -0.39 is 0 Å². The smallest absolute Gasteiger partial charge is 0.0669 e. The van der Waals surface area contributed by atoms with Gasteiger partial charge in [-0.25, -0.2) is 0 Å². The molecule has 0 radical (unpaired) electrons. The molecular weight excluding hydrogens is 428 g/mol. The number of hydrogen-bond acceptors (Lipinski definition) is 0. The van der Waals surface area contributed by atoms with Gasteiger partial charge in [0, 0.05) is 0 Å². The maximum atomic E-state index is 4.15. The lowest BCUT2D eigenvalue weighted by Crippen LogP contribution is -1.91. The Morgan fingerprint density at radius 3 is 1.00 bits per heavy atom. The minimum absolute atomic E-state index is 0.173. The summed E-state index contributed by atoms with van der Waals surface area (Å²) in [5.74, 6) is 0. The molecule has 6 aromatic carbocycles. The second-order valence-corrected chi connectivity index (χ2v) is 9.04. The second-order valence-electron chi connectivity index (χ2n) is 8.12. The van der Waals surface area contributed by atoms with Gasteiger partial charge in [-0.05, 0) is 65.3 Å². The maximum Gasteiger partial charge on any atom is 0.0669 e. The van der Waals surface area contributed by atoms with Gasteiger partial charge in [0.15, 0.2) is 0 Å². The van der Waals surface area contributed by atoms with E-state index in [1.165, 1.54) is 65.3 Å². The van der Waals surface area contributed by atoms with Crippen molar-refractivity contribution in [2.75, 3.05) is 0 Å². The fourth-order valence-electron chi connectivity index (χ4n) is 5.55. The summed E-state index contributed by atoms with van der Waals surface area (Å²) in [6, 6.07) is 35.5. The molecule has 1 aliphatic rings. The highest BCUT2D eigenvalue weighted by Gasteiger charge is 2.34. The summed E-state index contributed by atoms with van der Waals surface area (Å²) in [4.78, 5) is 0.173. The fourth-order valence-corrected chi connectivity index (χ4v) is 6.50. The molecule has 1 heteroatoms. The van der Waals surface area contributed by atoms with Gasteiger partial charge >= 0.3 is 0 Å². The van der Waals surface area contributed by atoms with Crippen molar-refractivity contribution >= 4 is 59.0 Å². The third-order valence-electron chi connectivity index (χ3n) is 6.70. The van der Waals surface area contributed by atoms with Crippen molar-refractivity contribution in [3.63, 3.8) is 0 Å². The Labute approximate surface area is 182 Å². The molecule has 0 heterocycles. The number of halogens is 1. The minimum Gasteiger partial charge on any atom is -0.0785 e. The number of benzene rings is 6. The van der Waals surface area contributed by atoms with Gasteiger partial charge in [0.05, 0.1) is 4.83 Å². The van der Waals surface area contributed by atoms with Crippen LogP contribution in [0.15, 0.2) is 97.1 Å². The third kappa shape index (κ3) is 1.96. The summed E-state index contributed by atoms with van der Waals surface area (Å²) in [7, 11) is 0. The van der Waals surface area contributed by atoms with Crippen LogP contribution in [0, 0.1) is 0 Å². The quantitative estimate of drug-likeness (QED) is 0.162. The Bertz CT molecular complexity index is 1530. The van der Waals surface area contributed by atoms with E-state index >= 15 is 0 Å². The van der Waals surface area contributed by atoms with Crippen molar-refractivity contribution in [1.29, 1.82) is 0 Å². The Morgan fingerprint density at radius 1 is 0.367 bits per heavy atom. The van der Waals surface area contributed by atoms with Crippen LogP contribution >= 0.6 is 15.9 Å². The van der Waals surface area contributed by atoms with Gasteiger partial charge in [-0.2, -0.15) is 0 Å². The molecule has 140 valence electrons. The molecule has 0 aromatic heterocycles. The first-order chi connectivity index (χ1) is 14.8. The van der Waals surface area contributed by atoms with Crippen molar-refractivity contribution in [2.45, 2.75) is 4.83 Å². The number of hydrogen-bond donors (Lipinski definition) is 0. The van der Waals surface area contributed by atoms with Gasteiger partial charge in [0.1, 0.15) is 0 Å². The molecule has 0 saturated carbocycles. The van der Waals surface area contributed by atoms with Crippen LogP contribution in [-0.4, -0.2) is 0 Å². The lowest BCUT2D eigenvalue weighted by atomic mass is 9.89. The average molecular weight is 445 g/mol.